The molecular formula is C11H15NO2S. The van der Waals surface area contributed by atoms with Gasteiger partial charge < -0.3 is 15.2 Å². The molecule has 0 fully saturated rings. The van der Waals surface area contributed by atoms with Gasteiger partial charge in [0.05, 0.1) is 13.7 Å². The van der Waals surface area contributed by atoms with Crippen molar-refractivity contribution in [1.82, 2.24) is 0 Å². The smallest absolute Gasteiger partial charge is 0.124 e. The van der Waals surface area contributed by atoms with Crippen LogP contribution in [0.2, 0.25) is 0 Å². The third-order valence-corrected chi connectivity index (χ3v) is 2.26. The van der Waals surface area contributed by atoms with E-state index in [-0.39, 0.29) is 0 Å². The molecule has 0 aromatic heterocycles. The Morgan fingerprint density at radius 1 is 1.47 bits per heavy atom. The fraction of sp³-hybridized carbons (Fsp3) is 0.364. The van der Waals surface area contributed by atoms with Gasteiger partial charge >= 0.3 is 0 Å². The molecule has 0 radical (unpaired) electrons. The van der Waals surface area contributed by atoms with Gasteiger partial charge in [0.1, 0.15) is 10.7 Å². The first-order valence-electron chi connectivity index (χ1n) is 4.73. The number of ether oxygens (including phenoxy) is 2. The number of benzene rings is 1. The standard InChI is InChI=1S/C11H15NO2S/c1-3-14-7-9-6-8(11(12)15)4-5-10(9)13-2/h4-6H,3,7H2,1-2H3,(H2,12,15). The molecule has 0 amide bonds. The average Bonchev–Trinajstić information content (AvgIpc) is 2.25. The minimum absolute atomic E-state index is 0.385. The van der Waals surface area contributed by atoms with Crippen LogP contribution < -0.4 is 10.5 Å². The van der Waals surface area contributed by atoms with Crippen molar-refractivity contribution in [2.24, 2.45) is 5.73 Å². The summed E-state index contributed by atoms with van der Waals surface area (Å²) in [5.41, 5.74) is 7.35. The monoisotopic (exact) mass is 225 g/mol. The number of thiocarbonyl (C=S) groups is 1. The molecule has 0 aliphatic rings. The van der Waals surface area contributed by atoms with Gasteiger partial charge in [-0.1, -0.05) is 12.2 Å². The predicted molar refractivity (Wildman–Crippen MR) is 64.2 cm³/mol. The Morgan fingerprint density at radius 2 is 2.20 bits per heavy atom. The van der Waals surface area contributed by atoms with Gasteiger partial charge in [0, 0.05) is 17.7 Å². The number of methoxy groups -OCH3 is 1. The van der Waals surface area contributed by atoms with Gasteiger partial charge in [0.25, 0.3) is 0 Å². The molecule has 4 heteroatoms. The van der Waals surface area contributed by atoms with E-state index < -0.39 is 0 Å². The first-order valence-corrected chi connectivity index (χ1v) is 5.14. The van der Waals surface area contributed by atoms with Crippen molar-refractivity contribution in [1.29, 1.82) is 0 Å². The van der Waals surface area contributed by atoms with Gasteiger partial charge in [-0.05, 0) is 25.1 Å². The van der Waals surface area contributed by atoms with Gasteiger partial charge in [-0.2, -0.15) is 0 Å². The van der Waals surface area contributed by atoms with Crippen LogP contribution in [-0.4, -0.2) is 18.7 Å². The molecule has 3 nitrogen and oxygen atoms in total. The van der Waals surface area contributed by atoms with Crippen molar-refractivity contribution in [3.63, 3.8) is 0 Å². The predicted octanol–water partition coefficient (Wildman–Crippen LogP) is 1.87. The van der Waals surface area contributed by atoms with E-state index in [4.69, 9.17) is 27.4 Å². The van der Waals surface area contributed by atoms with Crippen molar-refractivity contribution in [3.8, 4) is 5.75 Å². The van der Waals surface area contributed by atoms with E-state index in [1.165, 1.54) is 0 Å². The number of nitrogens with two attached hydrogens (primary N) is 1. The van der Waals surface area contributed by atoms with Crippen LogP contribution in [0.5, 0.6) is 5.75 Å². The van der Waals surface area contributed by atoms with Gasteiger partial charge in [-0.25, -0.2) is 0 Å². The Balaban J connectivity index is 2.96. The number of rotatable bonds is 5. The second kappa shape index (κ2) is 5.68. The molecule has 0 spiro atoms. The lowest BCUT2D eigenvalue weighted by Crippen LogP contribution is -2.10. The molecule has 0 aliphatic carbocycles. The van der Waals surface area contributed by atoms with Crippen molar-refractivity contribution in [2.75, 3.05) is 13.7 Å². The van der Waals surface area contributed by atoms with Gasteiger partial charge in [-0.3, -0.25) is 0 Å². The molecule has 1 aromatic carbocycles. The Hall–Kier alpha value is -1.13. The van der Waals surface area contributed by atoms with Crippen LogP contribution in [0.25, 0.3) is 0 Å². The first-order chi connectivity index (χ1) is 7.19. The van der Waals surface area contributed by atoms with Crippen LogP contribution >= 0.6 is 12.2 Å². The van der Waals surface area contributed by atoms with Crippen LogP contribution in [0.3, 0.4) is 0 Å². The molecule has 0 saturated carbocycles. The van der Waals surface area contributed by atoms with E-state index in [1.54, 1.807) is 7.11 Å². The minimum atomic E-state index is 0.385. The molecule has 1 aromatic rings. The quantitative estimate of drug-likeness (QED) is 0.777. The maximum Gasteiger partial charge on any atom is 0.124 e. The van der Waals surface area contributed by atoms with Crippen molar-refractivity contribution in [3.05, 3.63) is 29.3 Å². The molecule has 1 rings (SSSR count). The third kappa shape index (κ3) is 3.18. The largest absolute Gasteiger partial charge is 0.496 e. The highest BCUT2D eigenvalue weighted by Crippen LogP contribution is 2.20. The summed E-state index contributed by atoms with van der Waals surface area (Å²) in [7, 11) is 1.63. The highest BCUT2D eigenvalue weighted by Gasteiger charge is 2.05. The highest BCUT2D eigenvalue weighted by molar-refractivity contribution is 7.80. The lowest BCUT2D eigenvalue weighted by atomic mass is 10.1. The first kappa shape index (κ1) is 11.9. The molecule has 0 aliphatic heterocycles. The van der Waals surface area contributed by atoms with Crippen molar-refractivity contribution >= 4 is 17.2 Å². The Kier molecular flexibility index (Phi) is 4.52. The highest BCUT2D eigenvalue weighted by atomic mass is 32.1. The van der Waals surface area contributed by atoms with Crippen LogP contribution in [0, 0.1) is 0 Å². The van der Waals surface area contributed by atoms with Gasteiger partial charge in [0.2, 0.25) is 0 Å². The molecule has 2 N–H and O–H groups in total. The molecule has 0 unspecified atom stereocenters. The lowest BCUT2D eigenvalue weighted by molar-refractivity contribution is 0.132. The van der Waals surface area contributed by atoms with Crippen LogP contribution in [0.1, 0.15) is 18.1 Å². The summed E-state index contributed by atoms with van der Waals surface area (Å²) in [6.45, 7) is 3.13. The Morgan fingerprint density at radius 3 is 2.73 bits per heavy atom. The molecule has 15 heavy (non-hydrogen) atoms. The molecule has 0 heterocycles. The van der Waals surface area contributed by atoms with Crippen LogP contribution in [-0.2, 0) is 11.3 Å². The maximum absolute atomic E-state index is 5.55. The zero-order valence-electron chi connectivity index (χ0n) is 8.95. The van der Waals surface area contributed by atoms with Gasteiger partial charge in [0.15, 0.2) is 0 Å². The number of hydrogen-bond acceptors (Lipinski definition) is 3. The summed E-state index contributed by atoms with van der Waals surface area (Å²) < 4.78 is 10.5. The summed E-state index contributed by atoms with van der Waals surface area (Å²) in [5, 5.41) is 0. The van der Waals surface area contributed by atoms with Gasteiger partial charge in [-0.15, -0.1) is 0 Å². The van der Waals surface area contributed by atoms with E-state index in [9.17, 15) is 0 Å². The summed E-state index contributed by atoms with van der Waals surface area (Å²) >= 11 is 4.91. The second-order valence-corrected chi connectivity index (χ2v) is 3.47. The van der Waals surface area contributed by atoms with Crippen molar-refractivity contribution < 1.29 is 9.47 Å². The normalized spacial score (nSPS) is 10.0. The summed E-state index contributed by atoms with van der Waals surface area (Å²) in [6, 6.07) is 5.59. The summed E-state index contributed by atoms with van der Waals surface area (Å²) in [4.78, 5) is 0.385. The Bertz CT molecular complexity index is 352. The molecule has 0 saturated heterocycles. The van der Waals surface area contributed by atoms with E-state index in [0.717, 1.165) is 16.9 Å². The van der Waals surface area contributed by atoms with E-state index in [2.05, 4.69) is 0 Å². The summed E-state index contributed by atoms with van der Waals surface area (Å²) in [5.74, 6) is 0.795. The topological polar surface area (TPSA) is 44.5 Å². The Labute approximate surface area is 95.2 Å². The third-order valence-electron chi connectivity index (χ3n) is 2.03. The fourth-order valence-electron chi connectivity index (χ4n) is 1.26. The van der Waals surface area contributed by atoms with Crippen LogP contribution in [0.4, 0.5) is 0 Å². The average molecular weight is 225 g/mol. The second-order valence-electron chi connectivity index (χ2n) is 3.03. The van der Waals surface area contributed by atoms with E-state index >= 15 is 0 Å². The SMILES string of the molecule is CCOCc1cc(C(N)=S)ccc1OC. The summed E-state index contributed by atoms with van der Waals surface area (Å²) in [6.07, 6.45) is 0. The minimum Gasteiger partial charge on any atom is -0.496 e. The molecule has 82 valence electrons. The lowest BCUT2D eigenvalue weighted by Gasteiger charge is -2.10. The fourth-order valence-corrected chi connectivity index (χ4v) is 1.38. The number of hydrogen-bond donors (Lipinski definition) is 1. The van der Waals surface area contributed by atoms with E-state index in [0.29, 0.717) is 18.2 Å². The van der Waals surface area contributed by atoms with Crippen LogP contribution in [0.15, 0.2) is 18.2 Å². The zero-order chi connectivity index (χ0) is 11.3. The molecule has 0 bridgehead atoms. The zero-order valence-corrected chi connectivity index (χ0v) is 9.76. The molecule has 0 atom stereocenters. The molecular weight excluding hydrogens is 210 g/mol. The van der Waals surface area contributed by atoms with E-state index in [1.807, 2.05) is 25.1 Å². The maximum atomic E-state index is 5.55. The van der Waals surface area contributed by atoms with Crippen molar-refractivity contribution in [2.45, 2.75) is 13.5 Å².